The third kappa shape index (κ3) is 4.46. The first-order chi connectivity index (χ1) is 10.2. The quantitative estimate of drug-likeness (QED) is 0.792. The van der Waals surface area contributed by atoms with Gasteiger partial charge in [-0.05, 0) is 43.4 Å². The minimum atomic E-state index is 0.0762. The van der Waals surface area contributed by atoms with Crippen molar-refractivity contribution in [2.45, 2.75) is 32.6 Å². The number of benzene rings is 1. The van der Waals surface area contributed by atoms with E-state index in [1.807, 2.05) is 29.2 Å². The van der Waals surface area contributed by atoms with Gasteiger partial charge in [-0.2, -0.15) is 0 Å². The molecule has 1 unspecified atom stereocenters. The zero-order valence-corrected chi connectivity index (χ0v) is 12.8. The fourth-order valence-electron chi connectivity index (χ4n) is 2.75. The van der Waals surface area contributed by atoms with Crippen LogP contribution in [0, 0.1) is 5.92 Å². The molecule has 1 fully saturated rings. The highest BCUT2D eigenvalue weighted by atomic mass is 16.3. The van der Waals surface area contributed by atoms with Gasteiger partial charge in [0.15, 0.2) is 0 Å². The summed E-state index contributed by atoms with van der Waals surface area (Å²) in [7, 11) is 0. The van der Waals surface area contributed by atoms with E-state index in [1.54, 1.807) is 0 Å². The molecule has 4 nitrogen and oxygen atoms in total. The average Bonchev–Trinajstić information content (AvgIpc) is 2.55. The van der Waals surface area contributed by atoms with Crippen LogP contribution in [-0.4, -0.2) is 42.2 Å². The van der Waals surface area contributed by atoms with Crippen LogP contribution in [0.1, 0.15) is 43.0 Å². The topological polar surface area (TPSA) is 52.6 Å². The summed E-state index contributed by atoms with van der Waals surface area (Å²) >= 11 is 0. The van der Waals surface area contributed by atoms with Crippen LogP contribution in [0.25, 0.3) is 0 Å². The van der Waals surface area contributed by atoms with Gasteiger partial charge in [-0.15, -0.1) is 0 Å². The van der Waals surface area contributed by atoms with Crippen molar-refractivity contribution in [1.29, 1.82) is 0 Å². The molecule has 2 N–H and O–H groups in total. The van der Waals surface area contributed by atoms with Crippen LogP contribution in [0.15, 0.2) is 24.3 Å². The molecule has 1 saturated heterocycles. The molecule has 0 radical (unpaired) electrons. The van der Waals surface area contributed by atoms with Gasteiger partial charge in [-0.3, -0.25) is 4.79 Å². The number of amides is 1. The van der Waals surface area contributed by atoms with E-state index in [1.165, 1.54) is 0 Å². The summed E-state index contributed by atoms with van der Waals surface area (Å²) < 4.78 is 0. The largest absolute Gasteiger partial charge is 0.396 e. The van der Waals surface area contributed by atoms with Gasteiger partial charge in [0.05, 0.1) is 0 Å². The summed E-state index contributed by atoms with van der Waals surface area (Å²) in [5.41, 5.74) is 1.74. The number of likely N-dealkylation sites (tertiary alicyclic amines) is 1. The number of rotatable bonds is 6. The smallest absolute Gasteiger partial charge is 0.253 e. The van der Waals surface area contributed by atoms with Gasteiger partial charge in [0, 0.05) is 37.5 Å². The lowest BCUT2D eigenvalue weighted by Gasteiger charge is -2.32. The Kier molecular flexibility index (Phi) is 6.05. The Morgan fingerprint density at radius 1 is 1.48 bits per heavy atom. The molecular weight excluding hydrogens is 264 g/mol. The summed E-state index contributed by atoms with van der Waals surface area (Å²) in [6, 6.07) is 7.73. The highest BCUT2D eigenvalue weighted by Gasteiger charge is 2.24. The average molecular weight is 290 g/mol. The molecule has 1 heterocycles. The number of hydrogen-bond acceptors (Lipinski definition) is 3. The second kappa shape index (κ2) is 8.03. The summed E-state index contributed by atoms with van der Waals surface area (Å²) in [5, 5.41) is 12.6. The lowest BCUT2D eigenvalue weighted by atomic mass is 9.98. The molecule has 21 heavy (non-hydrogen) atoms. The van der Waals surface area contributed by atoms with Gasteiger partial charge in [0.2, 0.25) is 0 Å². The van der Waals surface area contributed by atoms with Gasteiger partial charge in [-0.1, -0.05) is 19.4 Å². The van der Waals surface area contributed by atoms with Crippen LogP contribution >= 0.6 is 0 Å². The number of aliphatic hydroxyl groups excluding tert-OH is 1. The molecule has 1 aromatic rings. The van der Waals surface area contributed by atoms with E-state index in [0.29, 0.717) is 6.54 Å². The standard InChI is InChI=1S/C17H26N2O2/c1-2-3-9-18-16-8-4-7-15(11-16)17(21)19-10-5-6-14(12-19)13-20/h4,7-8,11,14,18,20H,2-3,5-6,9-10,12-13H2,1H3. The van der Waals surface area contributed by atoms with Gasteiger partial charge >= 0.3 is 0 Å². The Bertz CT molecular complexity index is 462. The normalized spacial score (nSPS) is 18.6. The number of carbonyl (C=O) groups is 1. The van der Waals surface area contributed by atoms with Crippen molar-refractivity contribution < 1.29 is 9.90 Å². The molecule has 0 bridgehead atoms. The predicted octanol–water partition coefficient (Wildman–Crippen LogP) is 2.74. The van der Waals surface area contributed by atoms with Gasteiger partial charge in [-0.25, -0.2) is 0 Å². The van der Waals surface area contributed by atoms with Crippen molar-refractivity contribution in [3.8, 4) is 0 Å². The van der Waals surface area contributed by atoms with E-state index in [-0.39, 0.29) is 18.4 Å². The molecule has 1 aliphatic heterocycles. The molecule has 1 aliphatic rings. The number of hydrogen-bond donors (Lipinski definition) is 2. The molecule has 0 aromatic heterocycles. The number of unbranched alkanes of at least 4 members (excludes halogenated alkanes) is 1. The Hall–Kier alpha value is -1.55. The SMILES string of the molecule is CCCCNc1cccc(C(=O)N2CCCC(CO)C2)c1. The van der Waals surface area contributed by atoms with E-state index >= 15 is 0 Å². The van der Waals surface area contributed by atoms with E-state index in [9.17, 15) is 9.90 Å². The molecule has 116 valence electrons. The van der Waals surface area contributed by atoms with E-state index < -0.39 is 0 Å². The maximum absolute atomic E-state index is 12.6. The molecule has 0 aliphatic carbocycles. The van der Waals surface area contributed by atoms with Gasteiger partial charge < -0.3 is 15.3 Å². The van der Waals surface area contributed by atoms with Crippen LogP contribution < -0.4 is 5.32 Å². The second-order valence-corrected chi connectivity index (χ2v) is 5.80. The van der Waals surface area contributed by atoms with E-state index in [0.717, 1.165) is 50.0 Å². The molecular formula is C17H26N2O2. The van der Waals surface area contributed by atoms with E-state index in [2.05, 4.69) is 12.2 Å². The molecule has 1 atom stereocenters. The Morgan fingerprint density at radius 2 is 2.33 bits per heavy atom. The van der Waals surface area contributed by atoms with Crippen molar-refractivity contribution in [3.63, 3.8) is 0 Å². The van der Waals surface area contributed by atoms with Crippen LogP contribution in [0.3, 0.4) is 0 Å². The molecule has 0 spiro atoms. The molecule has 1 aromatic carbocycles. The third-order valence-corrected chi connectivity index (χ3v) is 4.03. The number of nitrogens with one attached hydrogen (secondary N) is 1. The first kappa shape index (κ1) is 15.8. The van der Waals surface area contributed by atoms with E-state index in [4.69, 9.17) is 0 Å². The molecule has 2 rings (SSSR count). The Balaban J connectivity index is 1.99. The Labute approximate surface area is 127 Å². The summed E-state index contributed by atoms with van der Waals surface area (Å²) in [6.07, 6.45) is 4.27. The van der Waals surface area contributed by atoms with Crippen molar-refractivity contribution in [2.75, 3.05) is 31.6 Å². The zero-order valence-electron chi connectivity index (χ0n) is 12.8. The number of anilines is 1. The molecule has 4 heteroatoms. The van der Waals surface area contributed by atoms with Crippen LogP contribution in [-0.2, 0) is 0 Å². The van der Waals surface area contributed by atoms with Crippen LogP contribution in [0.2, 0.25) is 0 Å². The number of carbonyl (C=O) groups excluding carboxylic acids is 1. The first-order valence-corrected chi connectivity index (χ1v) is 7.98. The number of piperidine rings is 1. The van der Waals surface area contributed by atoms with Crippen molar-refractivity contribution in [1.82, 2.24) is 4.90 Å². The fourth-order valence-corrected chi connectivity index (χ4v) is 2.75. The first-order valence-electron chi connectivity index (χ1n) is 7.98. The molecule has 1 amide bonds. The third-order valence-electron chi connectivity index (χ3n) is 4.03. The second-order valence-electron chi connectivity index (χ2n) is 5.80. The fraction of sp³-hybridized carbons (Fsp3) is 0.588. The number of aliphatic hydroxyl groups is 1. The Morgan fingerprint density at radius 3 is 3.10 bits per heavy atom. The number of nitrogens with zero attached hydrogens (tertiary/aromatic N) is 1. The lowest BCUT2D eigenvalue weighted by molar-refractivity contribution is 0.0621. The summed E-state index contributed by atoms with van der Waals surface area (Å²) in [5.74, 6) is 0.306. The predicted molar refractivity (Wildman–Crippen MR) is 85.6 cm³/mol. The monoisotopic (exact) mass is 290 g/mol. The molecule has 0 saturated carbocycles. The van der Waals surface area contributed by atoms with Crippen molar-refractivity contribution in [2.24, 2.45) is 5.92 Å². The zero-order chi connectivity index (χ0) is 15.1. The van der Waals surface area contributed by atoms with Crippen molar-refractivity contribution in [3.05, 3.63) is 29.8 Å². The maximum atomic E-state index is 12.6. The van der Waals surface area contributed by atoms with Gasteiger partial charge in [0.1, 0.15) is 0 Å². The minimum absolute atomic E-state index is 0.0762. The van der Waals surface area contributed by atoms with Crippen molar-refractivity contribution >= 4 is 11.6 Å². The van der Waals surface area contributed by atoms with Crippen LogP contribution in [0.4, 0.5) is 5.69 Å². The highest BCUT2D eigenvalue weighted by Crippen LogP contribution is 2.19. The summed E-state index contributed by atoms with van der Waals surface area (Å²) in [6.45, 7) is 4.73. The van der Waals surface area contributed by atoms with Crippen LogP contribution in [0.5, 0.6) is 0 Å². The lowest BCUT2D eigenvalue weighted by Crippen LogP contribution is -2.40. The van der Waals surface area contributed by atoms with Gasteiger partial charge in [0.25, 0.3) is 5.91 Å². The summed E-state index contributed by atoms with van der Waals surface area (Å²) in [4.78, 5) is 14.4. The highest BCUT2D eigenvalue weighted by molar-refractivity contribution is 5.95. The maximum Gasteiger partial charge on any atom is 0.253 e. The minimum Gasteiger partial charge on any atom is -0.396 e.